The van der Waals surface area contributed by atoms with Crippen molar-refractivity contribution in [2.75, 3.05) is 5.43 Å². The fourth-order valence-electron chi connectivity index (χ4n) is 0.595. The Labute approximate surface area is 72.3 Å². The molecule has 0 aliphatic rings. The average Bonchev–Trinajstić information content (AvgIpc) is 1.88. The molecule has 0 saturated heterocycles. The highest BCUT2D eigenvalue weighted by Gasteiger charge is 1.97. The SMILES string of the molecule is Cc1cc(I)nnc1NN. The third-order valence-corrected chi connectivity index (χ3v) is 1.62. The van der Waals surface area contributed by atoms with Gasteiger partial charge in [-0.25, -0.2) is 5.84 Å². The lowest BCUT2D eigenvalue weighted by molar-refractivity contribution is 0.980. The Morgan fingerprint density at radius 1 is 1.60 bits per heavy atom. The van der Waals surface area contributed by atoms with Crippen molar-refractivity contribution < 1.29 is 0 Å². The lowest BCUT2D eigenvalue weighted by Gasteiger charge is -2.00. The Balaban J connectivity index is 3.07. The van der Waals surface area contributed by atoms with E-state index < -0.39 is 0 Å². The zero-order valence-corrected chi connectivity index (χ0v) is 7.58. The zero-order valence-electron chi connectivity index (χ0n) is 5.43. The van der Waals surface area contributed by atoms with Crippen molar-refractivity contribution in [3.05, 3.63) is 15.3 Å². The third-order valence-electron chi connectivity index (χ3n) is 1.09. The predicted molar refractivity (Wildman–Crippen MR) is 47.3 cm³/mol. The van der Waals surface area contributed by atoms with Gasteiger partial charge in [-0.1, -0.05) is 0 Å². The van der Waals surface area contributed by atoms with Crippen LogP contribution < -0.4 is 11.3 Å². The van der Waals surface area contributed by atoms with Gasteiger partial charge in [0, 0.05) is 0 Å². The molecular weight excluding hydrogens is 243 g/mol. The van der Waals surface area contributed by atoms with E-state index in [0.717, 1.165) is 9.26 Å². The molecule has 10 heavy (non-hydrogen) atoms. The van der Waals surface area contributed by atoms with Crippen LogP contribution in [-0.2, 0) is 0 Å². The van der Waals surface area contributed by atoms with Crippen LogP contribution in [0.1, 0.15) is 5.56 Å². The molecule has 5 heteroatoms. The van der Waals surface area contributed by atoms with Gasteiger partial charge >= 0.3 is 0 Å². The standard InChI is InChI=1S/C5H7IN4/c1-3-2-4(6)9-10-5(3)8-7/h2H,7H2,1H3,(H,8,10). The van der Waals surface area contributed by atoms with E-state index in [0.29, 0.717) is 5.82 Å². The Kier molecular flexibility index (Phi) is 2.39. The van der Waals surface area contributed by atoms with E-state index in [1.165, 1.54) is 0 Å². The first-order valence-corrected chi connectivity index (χ1v) is 3.78. The van der Waals surface area contributed by atoms with E-state index in [1.807, 2.05) is 13.0 Å². The van der Waals surface area contributed by atoms with E-state index in [2.05, 4.69) is 38.2 Å². The van der Waals surface area contributed by atoms with Crippen molar-refractivity contribution in [2.45, 2.75) is 6.92 Å². The summed E-state index contributed by atoms with van der Waals surface area (Å²) in [6.45, 7) is 1.92. The smallest absolute Gasteiger partial charge is 0.165 e. The number of halogens is 1. The van der Waals surface area contributed by atoms with Crippen LogP contribution in [0.15, 0.2) is 6.07 Å². The molecule has 0 saturated carbocycles. The van der Waals surface area contributed by atoms with Crippen molar-refractivity contribution in [3.63, 3.8) is 0 Å². The van der Waals surface area contributed by atoms with Crippen LogP contribution in [0.3, 0.4) is 0 Å². The van der Waals surface area contributed by atoms with Crippen LogP contribution >= 0.6 is 22.6 Å². The summed E-state index contributed by atoms with van der Waals surface area (Å²) >= 11 is 2.10. The van der Waals surface area contributed by atoms with Crippen LogP contribution in [-0.4, -0.2) is 10.2 Å². The largest absolute Gasteiger partial charge is 0.307 e. The fraction of sp³-hybridized carbons (Fsp3) is 0.200. The number of hydrogen-bond acceptors (Lipinski definition) is 4. The highest BCUT2D eigenvalue weighted by Crippen LogP contribution is 2.09. The topological polar surface area (TPSA) is 63.8 Å². The van der Waals surface area contributed by atoms with Crippen LogP contribution in [0.2, 0.25) is 0 Å². The van der Waals surface area contributed by atoms with E-state index in [1.54, 1.807) is 0 Å². The molecule has 0 radical (unpaired) electrons. The summed E-state index contributed by atoms with van der Waals surface area (Å²) in [4.78, 5) is 0. The molecule has 0 bridgehead atoms. The number of rotatable bonds is 1. The molecule has 4 nitrogen and oxygen atoms in total. The second-order valence-electron chi connectivity index (χ2n) is 1.84. The Hall–Kier alpha value is -0.430. The quantitative estimate of drug-likeness (QED) is 0.437. The maximum absolute atomic E-state index is 5.15. The van der Waals surface area contributed by atoms with Crippen molar-refractivity contribution in [3.8, 4) is 0 Å². The first-order valence-electron chi connectivity index (χ1n) is 2.70. The van der Waals surface area contributed by atoms with Crippen LogP contribution in [0.5, 0.6) is 0 Å². The van der Waals surface area contributed by atoms with Crippen LogP contribution in [0.25, 0.3) is 0 Å². The summed E-state index contributed by atoms with van der Waals surface area (Å²) < 4.78 is 0.870. The Morgan fingerprint density at radius 2 is 2.30 bits per heavy atom. The number of nitrogens with one attached hydrogen (secondary N) is 1. The molecule has 0 fully saturated rings. The van der Waals surface area contributed by atoms with Gasteiger partial charge in [0.15, 0.2) is 5.82 Å². The van der Waals surface area contributed by atoms with Crippen molar-refractivity contribution in [1.82, 2.24) is 10.2 Å². The summed E-state index contributed by atoms with van der Waals surface area (Å²) in [6.07, 6.45) is 0. The molecule has 1 aromatic rings. The molecule has 0 amide bonds. The number of nitrogens with zero attached hydrogens (tertiary/aromatic N) is 2. The first-order chi connectivity index (χ1) is 4.74. The highest BCUT2D eigenvalue weighted by molar-refractivity contribution is 14.1. The molecule has 54 valence electrons. The van der Waals surface area contributed by atoms with Crippen molar-refractivity contribution >= 4 is 28.4 Å². The molecule has 0 aliphatic heterocycles. The lowest BCUT2D eigenvalue weighted by atomic mass is 10.3. The minimum atomic E-state index is 0.625. The number of nitrogens with two attached hydrogens (primary N) is 1. The number of anilines is 1. The number of hydrazine groups is 1. The van der Waals surface area contributed by atoms with Gasteiger partial charge in [0.2, 0.25) is 0 Å². The van der Waals surface area contributed by atoms with E-state index in [4.69, 9.17) is 5.84 Å². The number of aryl methyl sites for hydroxylation is 1. The third kappa shape index (κ3) is 1.54. The minimum absolute atomic E-state index is 0.625. The van der Waals surface area contributed by atoms with Gasteiger partial charge < -0.3 is 5.43 Å². The van der Waals surface area contributed by atoms with Crippen molar-refractivity contribution in [1.29, 1.82) is 0 Å². The number of nitrogen functional groups attached to an aromatic ring is 1. The second kappa shape index (κ2) is 3.11. The zero-order chi connectivity index (χ0) is 7.56. The van der Waals surface area contributed by atoms with E-state index in [9.17, 15) is 0 Å². The van der Waals surface area contributed by atoms with Crippen LogP contribution in [0, 0.1) is 10.6 Å². The van der Waals surface area contributed by atoms with Gasteiger partial charge in [-0.15, -0.1) is 10.2 Å². The molecule has 0 spiro atoms. The van der Waals surface area contributed by atoms with Gasteiger partial charge in [-0.2, -0.15) is 0 Å². The van der Waals surface area contributed by atoms with Gasteiger partial charge in [0.05, 0.1) is 0 Å². The molecule has 1 heterocycles. The first kappa shape index (κ1) is 7.67. The van der Waals surface area contributed by atoms with Crippen molar-refractivity contribution in [2.24, 2.45) is 5.84 Å². The molecule has 3 N–H and O–H groups in total. The Bertz CT molecular complexity index is 237. The summed E-state index contributed by atoms with van der Waals surface area (Å²) in [7, 11) is 0. The van der Waals surface area contributed by atoms with Gasteiger partial charge in [0.1, 0.15) is 3.70 Å². The summed E-state index contributed by atoms with van der Waals surface area (Å²) in [6, 6.07) is 1.91. The maximum Gasteiger partial charge on any atom is 0.165 e. The van der Waals surface area contributed by atoms with Gasteiger partial charge in [0.25, 0.3) is 0 Å². The van der Waals surface area contributed by atoms with Gasteiger partial charge in [-0.3, -0.25) is 0 Å². The summed E-state index contributed by atoms with van der Waals surface area (Å²) in [5, 5.41) is 7.61. The van der Waals surface area contributed by atoms with Crippen LogP contribution in [0.4, 0.5) is 5.82 Å². The monoisotopic (exact) mass is 250 g/mol. The molecule has 1 aromatic heterocycles. The summed E-state index contributed by atoms with van der Waals surface area (Å²) in [5.74, 6) is 5.77. The van der Waals surface area contributed by atoms with Gasteiger partial charge in [-0.05, 0) is 41.1 Å². The predicted octanol–water partition coefficient (Wildman–Crippen LogP) is 0.675. The highest BCUT2D eigenvalue weighted by atomic mass is 127. The minimum Gasteiger partial charge on any atom is -0.307 e. The molecule has 0 unspecified atom stereocenters. The van der Waals surface area contributed by atoms with E-state index in [-0.39, 0.29) is 0 Å². The second-order valence-corrected chi connectivity index (χ2v) is 2.95. The molecule has 0 aliphatic carbocycles. The molecule has 1 rings (SSSR count). The molecular formula is C5H7IN4. The Morgan fingerprint density at radius 3 is 2.80 bits per heavy atom. The molecule has 0 aromatic carbocycles. The van der Waals surface area contributed by atoms with E-state index >= 15 is 0 Å². The summed E-state index contributed by atoms with van der Waals surface area (Å²) in [5.41, 5.74) is 3.45. The lowest BCUT2D eigenvalue weighted by Crippen LogP contribution is -2.11. The number of aromatic nitrogens is 2. The molecule has 0 atom stereocenters. The average molecular weight is 250 g/mol. The maximum atomic E-state index is 5.15. The normalized spacial score (nSPS) is 9.50. The number of hydrogen-bond donors (Lipinski definition) is 2. The fourth-order valence-corrected chi connectivity index (χ4v) is 1.17.